The topological polar surface area (TPSA) is 69.0 Å². The van der Waals surface area contributed by atoms with Crippen molar-refractivity contribution in [1.82, 2.24) is 14.5 Å². The van der Waals surface area contributed by atoms with E-state index >= 15 is 0 Å². The van der Waals surface area contributed by atoms with Gasteiger partial charge in [-0.3, -0.25) is 4.90 Å². The number of aliphatic hydroxyl groups is 1. The summed E-state index contributed by atoms with van der Waals surface area (Å²) >= 11 is 6.28. The molecule has 1 fully saturated rings. The predicted molar refractivity (Wildman–Crippen MR) is 146 cm³/mol. The normalized spacial score (nSPS) is 18.1. The van der Waals surface area contributed by atoms with Gasteiger partial charge in [-0.1, -0.05) is 30.7 Å². The number of rotatable bonds is 12. The van der Waals surface area contributed by atoms with Crippen LogP contribution in [0.25, 0.3) is 0 Å². The second-order valence-corrected chi connectivity index (χ2v) is 10.2. The zero-order chi connectivity index (χ0) is 26.3. The lowest BCUT2D eigenvalue weighted by Crippen LogP contribution is -2.51. The van der Waals surface area contributed by atoms with Crippen LogP contribution in [-0.2, 0) is 19.5 Å². The highest BCUT2D eigenvalue weighted by Crippen LogP contribution is 2.31. The van der Waals surface area contributed by atoms with Gasteiger partial charge in [-0.25, -0.2) is 4.98 Å². The summed E-state index contributed by atoms with van der Waals surface area (Å²) in [5, 5.41) is 11.8. The Morgan fingerprint density at radius 1 is 1.11 bits per heavy atom. The van der Waals surface area contributed by atoms with Crippen molar-refractivity contribution in [3.8, 4) is 17.2 Å². The Kier molecular flexibility index (Phi) is 9.35. The van der Waals surface area contributed by atoms with Crippen LogP contribution in [0, 0.1) is 6.92 Å². The molecule has 0 spiro atoms. The first-order valence-electron chi connectivity index (χ1n) is 13.0. The van der Waals surface area contributed by atoms with Crippen molar-refractivity contribution >= 4 is 11.6 Å². The number of piperidine rings is 1. The number of methoxy groups -OCH3 is 1. The first-order chi connectivity index (χ1) is 17.9. The predicted octanol–water partition coefficient (Wildman–Crippen LogP) is 5.29. The van der Waals surface area contributed by atoms with Crippen LogP contribution >= 0.6 is 11.6 Å². The third-order valence-corrected chi connectivity index (χ3v) is 7.08. The minimum absolute atomic E-state index is 0.209. The third-order valence-electron chi connectivity index (χ3n) is 6.77. The third kappa shape index (κ3) is 7.40. The lowest BCUT2D eigenvalue weighted by atomic mass is 9.93. The molecule has 2 heterocycles. The minimum Gasteiger partial charge on any atom is -0.493 e. The van der Waals surface area contributed by atoms with Crippen LogP contribution in [0.5, 0.6) is 17.2 Å². The number of nitrogens with zero attached hydrogens (tertiary/aromatic N) is 3. The van der Waals surface area contributed by atoms with Crippen LogP contribution in [0.3, 0.4) is 0 Å². The van der Waals surface area contributed by atoms with Gasteiger partial charge in [0.1, 0.15) is 23.8 Å². The summed E-state index contributed by atoms with van der Waals surface area (Å²) < 4.78 is 19.8. The highest BCUT2D eigenvalue weighted by molar-refractivity contribution is 6.32. The molecule has 1 aliphatic heterocycles. The number of imidazole rings is 1. The van der Waals surface area contributed by atoms with Crippen LogP contribution in [0.4, 0.5) is 0 Å². The number of β-amino-alcohol motifs (C(OH)–C–C–N with tert-alkyl or cyclic N) is 1. The largest absolute Gasteiger partial charge is 0.493 e. The smallest absolute Gasteiger partial charge is 0.161 e. The standard InChI is InChI=1S/C29H38ClN3O4/c1-4-28-31-12-15-33(28)14-6-16-36-27-18-23(8-10-25(27)35-3)19-32-13-5-11-29(34,20-32)21-37-26-17-22(2)7-9-24(26)30/h7-10,12,15,17-18,34H,4-6,11,13-14,16,19-21H2,1-3H3. The van der Waals surface area contributed by atoms with E-state index in [1.807, 2.05) is 49.6 Å². The van der Waals surface area contributed by atoms with E-state index in [1.54, 1.807) is 7.11 Å². The lowest BCUT2D eigenvalue weighted by molar-refractivity contribution is -0.0621. The zero-order valence-electron chi connectivity index (χ0n) is 22.1. The fourth-order valence-electron chi connectivity index (χ4n) is 4.86. The van der Waals surface area contributed by atoms with Gasteiger partial charge in [-0.2, -0.15) is 0 Å². The molecule has 200 valence electrons. The summed E-state index contributed by atoms with van der Waals surface area (Å²) in [7, 11) is 1.66. The molecular formula is C29H38ClN3O4. The summed E-state index contributed by atoms with van der Waals surface area (Å²) in [5.74, 6) is 3.17. The molecule has 0 bridgehead atoms. The van der Waals surface area contributed by atoms with Crippen LogP contribution in [-0.4, -0.2) is 58.6 Å². The first-order valence-corrected chi connectivity index (χ1v) is 13.4. The molecule has 0 amide bonds. The van der Waals surface area contributed by atoms with E-state index in [4.69, 9.17) is 25.8 Å². The molecule has 8 heteroatoms. The number of halogens is 1. The summed E-state index contributed by atoms with van der Waals surface area (Å²) in [5.41, 5.74) is 1.26. The van der Waals surface area contributed by atoms with Gasteiger partial charge in [-0.15, -0.1) is 0 Å². The van der Waals surface area contributed by atoms with Gasteiger partial charge in [0, 0.05) is 38.4 Å². The second kappa shape index (κ2) is 12.7. The van der Waals surface area contributed by atoms with Crippen molar-refractivity contribution < 1.29 is 19.3 Å². The van der Waals surface area contributed by atoms with Gasteiger partial charge in [0.2, 0.25) is 0 Å². The van der Waals surface area contributed by atoms with Crippen molar-refractivity contribution in [2.24, 2.45) is 0 Å². The lowest BCUT2D eigenvalue weighted by Gasteiger charge is -2.39. The maximum Gasteiger partial charge on any atom is 0.161 e. The Bertz CT molecular complexity index is 1170. The van der Waals surface area contributed by atoms with Gasteiger partial charge in [-0.05, 0) is 68.1 Å². The van der Waals surface area contributed by atoms with E-state index in [2.05, 4.69) is 27.4 Å². The minimum atomic E-state index is -0.929. The molecule has 1 unspecified atom stereocenters. The van der Waals surface area contributed by atoms with E-state index in [9.17, 15) is 5.11 Å². The van der Waals surface area contributed by atoms with E-state index in [0.29, 0.717) is 36.9 Å². The molecule has 1 aromatic heterocycles. The zero-order valence-corrected chi connectivity index (χ0v) is 22.8. The molecular weight excluding hydrogens is 490 g/mol. The molecule has 1 N–H and O–H groups in total. The molecule has 0 saturated carbocycles. The summed E-state index contributed by atoms with van der Waals surface area (Å²) in [6.45, 7) is 7.93. The number of aromatic nitrogens is 2. The molecule has 4 rings (SSSR count). The summed E-state index contributed by atoms with van der Waals surface area (Å²) in [6, 6.07) is 11.7. The number of ether oxygens (including phenoxy) is 3. The first kappa shape index (κ1) is 27.3. The van der Waals surface area contributed by atoms with E-state index < -0.39 is 5.60 Å². The molecule has 2 aromatic carbocycles. The maximum absolute atomic E-state index is 11.3. The fraction of sp³-hybridized carbons (Fsp3) is 0.483. The number of hydrogen-bond acceptors (Lipinski definition) is 6. The molecule has 7 nitrogen and oxygen atoms in total. The molecule has 0 radical (unpaired) electrons. The van der Waals surface area contributed by atoms with Gasteiger partial charge in [0.15, 0.2) is 11.5 Å². The molecule has 1 aliphatic rings. The van der Waals surface area contributed by atoms with Crippen molar-refractivity contribution in [2.75, 3.05) is 33.4 Å². The number of aryl methyl sites for hydroxylation is 3. The van der Waals surface area contributed by atoms with E-state index in [0.717, 1.165) is 60.8 Å². The number of likely N-dealkylation sites (tertiary alicyclic amines) is 1. The van der Waals surface area contributed by atoms with Crippen LogP contribution < -0.4 is 14.2 Å². The Hall–Kier alpha value is -2.74. The monoisotopic (exact) mass is 527 g/mol. The Labute approximate surface area is 224 Å². The van der Waals surface area contributed by atoms with Gasteiger partial charge in [0.05, 0.1) is 18.7 Å². The molecule has 1 atom stereocenters. The molecule has 3 aromatic rings. The number of benzene rings is 2. The van der Waals surface area contributed by atoms with Crippen molar-refractivity contribution in [2.45, 2.75) is 58.2 Å². The highest BCUT2D eigenvalue weighted by atomic mass is 35.5. The fourth-order valence-corrected chi connectivity index (χ4v) is 5.03. The SMILES string of the molecule is CCc1nccn1CCCOc1cc(CN2CCCC(O)(COc3cc(C)ccc3Cl)C2)ccc1OC. The second-order valence-electron chi connectivity index (χ2n) is 9.84. The Balaban J connectivity index is 1.33. The maximum atomic E-state index is 11.3. The van der Waals surface area contributed by atoms with Crippen LogP contribution in [0.2, 0.25) is 5.02 Å². The Morgan fingerprint density at radius 3 is 2.78 bits per heavy atom. The van der Waals surface area contributed by atoms with Crippen molar-refractivity contribution in [3.05, 3.63) is 70.8 Å². The van der Waals surface area contributed by atoms with Gasteiger partial charge < -0.3 is 23.9 Å². The van der Waals surface area contributed by atoms with Crippen LogP contribution in [0.15, 0.2) is 48.8 Å². The quantitative estimate of drug-likeness (QED) is 0.323. The molecule has 0 aliphatic carbocycles. The summed E-state index contributed by atoms with van der Waals surface area (Å²) in [4.78, 5) is 6.64. The highest BCUT2D eigenvalue weighted by Gasteiger charge is 2.34. The van der Waals surface area contributed by atoms with Crippen molar-refractivity contribution in [1.29, 1.82) is 0 Å². The van der Waals surface area contributed by atoms with Crippen LogP contribution in [0.1, 0.15) is 43.1 Å². The molecule has 37 heavy (non-hydrogen) atoms. The summed E-state index contributed by atoms with van der Waals surface area (Å²) in [6.07, 6.45) is 7.25. The average molecular weight is 528 g/mol. The van der Waals surface area contributed by atoms with Gasteiger partial charge in [0.25, 0.3) is 0 Å². The van der Waals surface area contributed by atoms with Crippen molar-refractivity contribution in [3.63, 3.8) is 0 Å². The van der Waals surface area contributed by atoms with E-state index in [-0.39, 0.29) is 6.61 Å². The average Bonchev–Trinajstić information content (AvgIpc) is 3.35. The van der Waals surface area contributed by atoms with Gasteiger partial charge >= 0.3 is 0 Å². The van der Waals surface area contributed by atoms with E-state index in [1.165, 1.54) is 0 Å². The Morgan fingerprint density at radius 2 is 1.97 bits per heavy atom. The molecule has 1 saturated heterocycles. The number of hydrogen-bond donors (Lipinski definition) is 1.